The van der Waals surface area contributed by atoms with E-state index in [0.29, 0.717) is 12.5 Å². The monoisotopic (exact) mass is 173 g/mol. The smallest absolute Gasteiger partial charge is 0.351 e. The Bertz CT molecular complexity index is 225. The van der Waals surface area contributed by atoms with E-state index in [0.717, 1.165) is 0 Å². The quantitative estimate of drug-likeness (QED) is 0.663. The van der Waals surface area contributed by atoms with Crippen LogP contribution in [0.25, 0.3) is 0 Å². The zero-order valence-corrected chi connectivity index (χ0v) is 7.03. The second-order valence-electron chi connectivity index (χ2n) is 2.72. The van der Waals surface area contributed by atoms with Gasteiger partial charge in [0.25, 0.3) is 0 Å². The summed E-state index contributed by atoms with van der Waals surface area (Å²) in [4.78, 5) is 15.3. The molecule has 0 saturated heterocycles. The van der Waals surface area contributed by atoms with Crippen LogP contribution in [0.15, 0.2) is 5.16 Å². The third kappa shape index (κ3) is 1.49. The van der Waals surface area contributed by atoms with E-state index < -0.39 is 11.6 Å². The molecule has 5 heteroatoms. The number of aliphatic carboxylic acids is 1. The van der Waals surface area contributed by atoms with Gasteiger partial charge in [0.15, 0.2) is 0 Å². The zero-order chi connectivity index (χ0) is 9.19. The summed E-state index contributed by atoms with van der Waals surface area (Å²) in [5.41, 5.74) is -1.25. The van der Waals surface area contributed by atoms with E-state index in [1.54, 1.807) is 6.92 Å². The van der Waals surface area contributed by atoms with Gasteiger partial charge in [-0.15, -0.1) is 0 Å². The molecule has 1 rings (SSSR count). The Balaban J connectivity index is 2.55. The van der Waals surface area contributed by atoms with Crippen molar-refractivity contribution in [2.45, 2.75) is 25.9 Å². The van der Waals surface area contributed by atoms with E-state index in [1.807, 2.05) is 0 Å². The molecule has 0 amide bonds. The van der Waals surface area contributed by atoms with Crippen LogP contribution in [0.2, 0.25) is 0 Å². The Morgan fingerprint density at radius 3 is 3.00 bits per heavy atom. The number of oxime groups is 1. The van der Waals surface area contributed by atoms with Crippen molar-refractivity contribution < 1.29 is 19.5 Å². The van der Waals surface area contributed by atoms with Gasteiger partial charge in [-0.25, -0.2) is 4.79 Å². The fraction of sp³-hybridized carbons (Fsp3) is 0.714. The van der Waals surface area contributed by atoms with Crippen molar-refractivity contribution in [3.8, 4) is 0 Å². The third-order valence-electron chi connectivity index (χ3n) is 1.60. The molecule has 1 aliphatic heterocycles. The molecule has 1 unspecified atom stereocenters. The lowest BCUT2D eigenvalue weighted by Gasteiger charge is -2.13. The summed E-state index contributed by atoms with van der Waals surface area (Å²) in [6.45, 7) is 3.74. The Kier molecular flexibility index (Phi) is 2.21. The molecule has 68 valence electrons. The number of rotatable bonds is 2. The second kappa shape index (κ2) is 3.00. The molecule has 0 aliphatic carbocycles. The molecule has 1 heterocycles. The molecule has 1 aliphatic rings. The number of ether oxygens (including phenoxy) is 1. The van der Waals surface area contributed by atoms with Gasteiger partial charge in [-0.2, -0.15) is 0 Å². The van der Waals surface area contributed by atoms with E-state index in [-0.39, 0.29) is 6.42 Å². The first-order valence-corrected chi connectivity index (χ1v) is 3.70. The summed E-state index contributed by atoms with van der Waals surface area (Å²) in [5, 5.41) is 12.2. The summed E-state index contributed by atoms with van der Waals surface area (Å²) in [7, 11) is 0. The number of carbonyl (C=O) groups is 1. The maximum Gasteiger partial charge on any atom is 0.351 e. The number of carboxylic acid groups (broad SMARTS) is 1. The van der Waals surface area contributed by atoms with Gasteiger partial charge in [-0.05, 0) is 13.8 Å². The predicted octanol–water partition coefficient (Wildman–Crippen LogP) is 0.600. The highest BCUT2D eigenvalue weighted by molar-refractivity contribution is 5.88. The summed E-state index contributed by atoms with van der Waals surface area (Å²) in [5.74, 6) is -0.677. The first kappa shape index (κ1) is 8.83. The molecule has 1 atom stereocenters. The fourth-order valence-electron chi connectivity index (χ4n) is 0.863. The van der Waals surface area contributed by atoms with Gasteiger partial charge in [0, 0.05) is 0 Å². The molecular weight excluding hydrogens is 162 g/mol. The van der Waals surface area contributed by atoms with Crippen LogP contribution in [0, 0.1) is 0 Å². The lowest BCUT2D eigenvalue weighted by Crippen LogP contribution is -2.35. The summed E-state index contributed by atoms with van der Waals surface area (Å²) < 4.78 is 5.01. The molecular formula is C7H11NO4. The van der Waals surface area contributed by atoms with E-state index in [2.05, 4.69) is 5.16 Å². The maximum absolute atomic E-state index is 10.6. The molecule has 12 heavy (non-hydrogen) atoms. The van der Waals surface area contributed by atoms with Gasteiger partial charge in [0.05, 0.1) is 13.0 Å². The lowest BCUT2D eigenvalue weighted by atomic mass is 10.0. The molecule has 0 fully saturated rings. The molecule has 0 saturated carbocycles. The van der Waals surface area contributed by atoms with Gasteiger partial charge in [0.2, 0.25) is 11.5 Å². The van der Waals surface area contributed by atoms with Crippen LogP contribution in [0.5, 0.6) is 0 Å². The van der Waals surface area contributed by atoms with Gasteiger partial charge >= 0.3 is 5.97 Å². The normalized spacial score (nSPS) is 27.7. The summed E-state index contributed by atoms with van der Waals surface area (Å²) in [6, 6.07) is 0. The highest BCUT2D eigenvalue weighted by atomic mass is 16.7. The molecule has 0 aromatic heterocycles. The average molecular weight is 173 g/mol. The Labute approximate surface area is 70.0 Å². The fourth-order valence-corrected chi connectivity index (χ4v) is 0.863. The van der Waals surface area contributed by atoms with Gasteiger partial charge in [0.1, 0.15) is 0 Å². The van der Waals surface area contributed by atoms with Crippen molar-refractivity contribution in [3.05, 3.63) is 0 Å². The van der Waals surface area contributed by atoms with Crippen LogP contribution in [-0.4, -0.2) is 29.2 Å². The molecule has 0 radical (unpaired) electrons. The minimum atomic E-state index is -1.25. The van der Waals surface area contributed by atoms with Gasteiger partial charge < -0.3 is 14.7 Å². The van der Waals surface area contributed by atoms with E-state index in [4.69, 9.17) is 14.7 Å². The van der Waals surface area contributed by atoms with Crippen molar-refractivity contribution in [2.75, 3.05) is 6.61 Å². The number of hydrogen-bond acceptors (Lipinski definition) is 4. The van der Waals surface area contributed by atoms with E-state index in [9.17, 15) is 4.79 Å². The van der Waals surface area contributed by atoms with Crippen LogP contribution in [-0.2, 0) is 14.4 Å². The van der Waals surface area contributed by atoms with Crippen LogP contribution in [0.1, 0.15) is 20.3 Å². The van der Waals surface area contributed by atoms with Crippen LogP contribution in [0.3, 0.4) is 0 Å². The number of hydrogen-bond donors (Lipinski definition) is 1. The average Bonchev–Trinajstić information content (AvgIpc) is 2.34. The number of nitrogens with zero attached hydrogens (tertiary/aromatic N) is 1. The Morgan fingerprint density at radius 2 is 2.58 bits per heavy atom. The molecule has 0 aromatic carbocycles. The van der Waals surface area contributed by atoms with E-state index in [1.165, 1.54) is 6.92 Å². The molecule has 1 N–H and O–H groups in total. The van der Waals surface area contributed by atoms with E-state index >= 15 is 0 Å². The molecule has 0 bridgehead atoms. The first-order chi connectivity index (χ1) is 5.58. The van der Waals surface area contributed by atoms with Crippen molar-refractivity contribution in [2.24, 2.45) is 5.16 Å². The zero-order valence-electron chi connectivity index (χ0n) is 7.03. The minimum absolute atomic E-state index is 0.191. The summed E-state index contributed by atoms with van der Waals surface area (Å²) >= 11 is 0. The third-order valence-corrected chi connectivity index (χ3v) is 1.60. The maximum atomic E-state index is 10.6. The standard InChI is InChI=1S/C7H11NO4/c1-3-11-5-4-7(2,6(9)10)12-8-5/h3-4H2,1-2H3,(H,9,10). The van der Waals surface area contributed by atoms with Crippen LogP contribution >= 0.6 is 0 Å². The van der Waals surface area contributed by atoms with Gasteiger partial charge in [-0.3, -0.25) is 0 Å². The second-order valence-corrected chi connectivity index (χ2v) is 2.72. The largest absolute Gasteiger partial charge is 0.479 e. The Morgan fingerprint density at radius 1 is 1.92 bits per heavy atom. The first-order valence-electron chi connectivity index (χ1n) is 3.70. The highest BCUT2D eigenvalue weighted by Crippen LogP contribution is 2.23. The lowest BCUT2D eigenvalue weighted by molar-refractivity contribution is -0.160. The summed E-state index contributed by atoms with van der Waals surface area (Å²) in [6.07, 6.45) is 0.191. The van der Waals surface area contributed by atoms with Crippen molar-refractivity contribution in [1.82, 2.24) is 0 Å². The van der Waals surface area contributed by atoms with Crippen molar-refractivity contribution >= 4 is 11.9 Å². The molecule has 0 aromatic rings. The van der Waals surface area contributed by atoms with Crippen LogP contribution in [0.4, 0.5) is 0 Å². The molecule has 0 spiro atoms. The van der Waals surface area contributed by atoms with Crippen molar-refractivity contribution in [3.63, 3.8) is 0 Å². The topological polar surface area (TPSA) is 68.1 Å². The van der Waals surface area contributed by atoms with Gasteiger partial charge in [-0.1, -0.05) is 5.16 Å². The van der Waals surface area contributed by atoms with Crippen molar-refractivity contribution in [1.29, 1.82) is 0 Å². The SMILES string of the molecule is CCOC1=NOC(C)(C(=O)O)C1. The molecule has 5 nitrogen and oxygen atoms in total. The number of carboxylic acids is 1. The Hall–Kier alpha value is -1.26. The van der Waals surface area contributed by atoms with Crippen LogP contribution < -0.4 is 0 Å². The minimum Gasteiger partial charge on any atom is -0.479 e. The highest BCUT2D eigenvalue weighted by Gasteiger charge is 2.42. The predicted molar refractivity (Wildman–Crippen MR) is 40.8 cm³/mol.